The summed E-state index contributed by atoms with van der Waals surface area (Å²) in [7, 11) is 0. The van der Waals surface area contributed by atoms with Crippen molar-refractivity contribution in [2.45, 2.75) is 40.0 Å². The molecule has 0 aliphatic heterocycles. The number of carbonyl (C=O) groups excluding carboxylic acids is 1. The fourth-order valence-corrected chi connectivity index (χ4v) is 3.86. The number of hydrogen-bond acceptors (Lipinski definition) is 2. The molecule has 2 saturated carbocycles. The number of esters is 1. The minimum atomic E-state index is -0.288. The van der Waals surface area contributed by atoms with Crippen LogP contribution in [-0.4, -0.2) is 12.6 Å². The van der Waals surface area contributed by atoms with Crippen molar-refractivity contribution in [2.24, 2.45) is 22.7 Å². The molecule has 0 aromatic carbocycles. The standard InChI is InChI=1S/C14H22O2/c1-5-12(15)16-9-11-8-10-6-7-14(11,4)13(10,2)3/h5,10-11H,1,6-9H2,2-4H3/t10-,11?,14-/m1/s1. The van der Waals surface area contributed by atoms with Gasteiger partial charge in [-0.3, -0.25) is 0 Å². The van der Waals surface area contributed by atoms with E-state index in [4.69, 9.17) is 4.74 Å². The molecule has 2 heteroatoms. The van der Waals surface area contributed by atoms with Gasteiger partial charge in [-0.05, 0) is 41.9 Å². The van der Waals surface area contributed by atoms with E-state index in [9.17, 15) is 4.79 Å². The maximum Gasteiger partial charge on any atom is 0.330 e. The highest BCUT2D eigenvalue weighted by Gasteiger charge is 2.61. The molecule has 0 saturated heterocycles. The van der Waals surface area contributed by atoms with Gasteiger partial charge >= 0.3 is 5.97 Å². The second-order valence-corrected chi connectivity index (χ2v) is 6.14. The maximum atomic E-state index is 11.1. The molecule has 0 aromatic rings. The van der Waals surface area contributed by atoms with Gasteiger partial charge in [-0.1, -0.05) is 27.4 Å². The number of hydrogen-bond donors (Lipinski definition) is 0. The van der Waals surface area contributed by atoms with E-state index in [2.05, 4.69) is 27.4 Å². The van der Waals surface area contributed by atoms with Crippen molar-refractivity contribution in [2.75, 3.05) is 6.61 Å². The van der Waals surface area contributed by atoms with Crippen molar-refractivity contribution in [1.82, 2.24) is 0 Å². The molecule has 2 rings (SSSR count). The van der Waals surface area contributed by atoms with Crippen LogP contribution in [0.3, 0.4) is 0 Å². The van der Waals surface area contributed by atoms with Crippen LogP contribution in [0.25, 0.3) is 0 Å². The lowest BCUT2D eigenvalue weighted by Crippen LogP contribution is -2.34. The second-order valence-electron chi connectivity index (χ2n) is 6.14. The number of fused-ring (bicyclic) bond motifs is 2. The third kappa shape index (κ3) is 1.42. The molecule has 16 heavy (non-hydrogen) atoms. The van der Waals surface area contributed by atoms with Gasteiger partial charge in [0.25, 0.3) is 0 Å². The predicted molar refractivity (Wildman–Crippen MR) is 63.9 cm³/mol. The molecule has 2 aliphatic rings. The van der Waals surface area contributed by atoms with Gasteiger partial charge in [0.1, 0.15) is 0 Å². The van der Waals surface area contributed by atoms with E-state index in [1.807, 2.05) is 0 Å². The van der Waals surface area contributed by atoms with E-state index in [1.165, 1.54) is 25.3 Å². The molecule has 0 heterocycles. The summed E-state index contributed by atoms with van der Waals surface area (Å²) >= 11 is 0. The summed E-state index contributed by atoms with van der Waals surface area (Å²) in [5.41, 5.74) is 0.747. The Morgan fingerprint density at radius 1 is 1.50 bits per heavy atom. The van der Waals surface area contributed by atoms with E-state index in [0.29, 0.717) is 23.4 Å². The highest BCUT2D eigenvalue weighted by molar-refractivity contribution is 5.81. The van der Waals surface area contributed by atoms with Crippen molar-refractivity contribution >= 4 is 5.97 Å². The van der Waals surface area contributed by atoms with Gasteiger partial charge in [-0.2, -0.15) is 0 Å². The minimum Gasteiger partial charge on any atom is -0.462 e. The summed E-state index contributed by atoms with van der Waals surface area (Å²) in [6, 6.07) is 0. The first-order valence-electron chi connectivity index (χ1n) is 6.21. The predicted octanol–water partition coefficient (Wildman–Crippen LogP) is 3.18. The summed E-state index contributed by atoms with van der Waals surface area (Å²) in [5.74, 6) is 1.05. The van der Waals surface area contributed by atoms with Crippen LogP contribution in [0.15, 0.2) is 12.7 Å². The first-order chi connectivity index (χ1) is 7.41. The second kappa shape index (κ2) is 3.61. The lowest BCUT2D eigenvalue weighted by atomic mass is 9.67. The van der Waals surface area contributed by atoms with Crippen molar-refractivity contribution in [3.63, 3.8) is 0 Å². The number of carbonyl (C=O) groups is 1. The van der Waals surface area contributed by atoms with Crippen LogP contribution < -0.4 is 0 Å². The van der Waals surface area contributed by atoms with Crippen LogP contribution in [0.1, 0.15) is 40.0 Å². The Kier molecular flexibility index (Phi) is 2.64. The molecular formula is C14H22O2. The molecule has 2 bridgehead atoms. The molecule has 0 N–H and O–H groups in total. The molecule has 0 radical (unpaired) electrons. The zero-order chi connectivity index (χ0) is 12.0. The third-order valence-corrected chi connectivity index (χ3v) is 5.57. The van der Waals surface area contributed by atoms with E-state index < -0.39 is 0 Å². The Morgan fingerprint density at radius 2 is 2.19 bits per heavy atom. The Hall–Kier alpha value is -0.790. The van der Waals surface area contributed by atoms with Crippen molar-refractivity contribution in [3.8, 4) is 0 Å². The minimum absolute atomic E-state index is 0.288. The van der Waals surface area contributed by atoms with E-state index in [1.54, 1.807) is 0 Å². The van der Waals surface area contributed by atoms with Crippen LogP contribution in [0, 0.1) is 22.7 Å². The first kappa shape index (κ1) is 11.7. The van der Waals surface area contributed by atoms with Gasteiger partial charge in [0.2, 0.25) is 0 Å². The van der Waals surface area contributed by atoms with Gasteiger partial charge < -0.3 is 4.74 Å². The van der Waals surface area contributed by atoms with Crippen LogP contribution >= 0.6 is 0 Å². The lowest BCUT2D eigenvalue weighted by Gasteiger charge is -2.39. The summed E-state index contributed by atoms with van der Waals surface area (Å²) in [6.45, 7) is 11.1. The Morgan fingerprint density at radius 3 is 2.62 bits per heavy atom. The number of rotatable bonds is 3. The fraction of sp³-hybridized carbons (Fsp3) is 0.786. The molecule has 1 unspecified atom stereocenters. The quantitative estimate of drug-likeness (QED) is 0.541. The van der Waals surface area contributed by atoms with E-state index in [0.717, 1.165) is 5.92 Å². The number of ether oxygens (including phenoxy) is 1. The Labute approximate surface area is 98.1 Å². The van der Waals surface area contributed by atoms with Gasteiger partial charge in [0, 0.05) is 6.08 Å². The van der Waals surface area contributed by atoms with Crippen molar-refractivity contribution in [1.29, 1.82) is 0 Å². The highest BCUT2D eigenvalue weighted by Crippen LogP contribution is 2.68. The van der Waals surface area contributed by atoms with Crippen LogP contribution in [0.2, 0.25) is 0 Å². The molecule has 2 nitrogen and oxygen atoms in total. The van der Waals surface area contributed by atoms with Crippen molar-refractivity contribution < 1.29 is 9.53 Å². The average Bonchev–Trinajstić information content (AvgIpc) is 2.58. The molecule has 0 aromatic heterocycles. The molecular weight excluding hydrogens is 200 g/mol. The summed E-state index contributed by atoms with van der Waals surface area (Å²) in [4.78, 5) is 11.1. The van der Waals surface area contributed by atoms with Crippen LogP contribution in [0.4, 0.5) is 0 Å². The molecule has 90 valence electrons. The monoisotopic (exact) mass is 222 g/mol. The Balaban J connectivity index is 2.04. The SMILES string of the molecule is C=CC(=O)OCC1C[C@H]2CC[C@@]1(C)C2(C)C. The maximum absolute atomic E-state index is 11.1. The average molecular weight is 222 g/mol. The van der Waals surface area contributed by atoms with Gasteiger partial charge in [0.15, 0.2) is 0 Å². The third-order valence-electron chi connectivity index (χ3n) is 5.57. The summed E-state index contributed by atoms with van der Waals surface area (Å²) in [5, 5.41) is 0. The summed E-state index contributed by atoms with van der Waals surface area (Å²) in [6.07, 6.45) is 5.09. The zero-order valence-electron chi connectivity index (χ0n) is 10.6. The molecule has 2 fully saturated rings. The van der Waals surface area contributed by atoms with Crippen LogP contribution in [-0.2, 0) is 9.53 Å². The topological polar surface area (TPSA) is 26.3 Å². The van der Waals surface area contributed by atoms with Gasteiger partial charge in [0.05, 0.1) is 6.61 Å². The first-order valence-corrected chi connectivity index (χ1v) is 6.21. The van der Waals surface area contributed by atoms with Gasteiger partial charge in [-0.25, -0.2) is 4.79 Å². The molecule has 0 amide bonds. The van der Waals surface area contributed by atoms with Crippen molar-refractivity contribution in [3.05, 3.63) is 12.7 Å². The van der Waals surface area contributed by atoms with E-state index in [-0.39, 0.29) is 5.97 Å². The Bertz CT molecular complexity index is 319. The fourth-order valence-electron chi connectivity index (χ4n) is 3.86. The molecule has 2 aliphatic carbocycles. The van der Waals surface area contributed by atoms with Crippen LogP contribution in [0.5, 0.6) is 0 Å². The molecule has 0 spiro atoms. The highest BCUT2D eigenvalue weighted by atomic mass is 16.5. The van der Waals surface area contributed by atoms with Gasteiger partial charge in [-0.15, -0.1) is 0 Å². The molecule has 3 atom stereocenters. The lowest BCUT2D eigenvalue weighted by molar-refractivity contribution is -0.140. The van der Waals surface area contributed by atoms with E-state index >= 15 is 0 Å². The normalized spacial score (nSPS) is 39.7. The summed E-state index contributed by atoms with van der Waals surface area (Å²) < 4.78 is 5.23. The smallest absolute Gasteiger partial charge is 0.330 e. The zero-order valence-corrected chi connectivity index (χ0v) is 10.6. The largest absolute Gasteiger partial charge is 0.462 e.